The van der Waals surface area contributed by atoms with Gasteiger partial charge in [-0.25, -0.2) is 0 Å². The lowest BCUT2D eigenvalue weighted by atomic mass is 10.2. The van der Waals surface area contributed by atoms with Crippen LogP contribution in [0, 0.1) is 0 Å². The average molecular weight is 625 g/mol. The average Bonchev–Trinajstić information content (AvgIpc) is 3.13. The predicted molar refractivity (Wildman–Crippen MR) is 181 cm³/mol. The second kappa shape index (κ2) is 15.6. The zero-order valence-corrected chi connectivity index (χ0v) is 25.9. The van der Waals surface area contributed by atoms with Crippen LogP contribution >= 0.6 is 0 Å². The van der Waals surface area contributed by atoms with Gasteiger partial charge in [0.1, 0.15) is 23.0 Å². The van der Waals surface area contributed by atoms with Gasteiger partial charge in [0.2, 0.25) is 0 Å². The Hall–Kier alpha value is -5.56. The maximum Gasteiger partial charge on any atom is 0.382 e. The quantitative estimate of drug-likeness (QED) is 0.100. The molecule has 6 aromatic rings. The molecule has 0 amide bonds. The van der Waals surface area contributed by atoms with Crippen molar-refractivity contribution in [3.05, 3.63) is 193 Å². The minimum Gasteiger partial charge on any atom is -0.430 e. The van der Waals surface area contributed by atoms with Crippen LogP contribution in [0.15, 0.2) is 182 Å². The Kier molecular flexibility index (Phi) is 10.5. The van der Waals surface area contributed by atoms with Gasteiger partial charge in [0.25, 0.3) is 0 Å². The van der Waals surface area contributed by atoms with Crippen molar-refractivity contribution in [1.29, 1.82) is 0 Å². The molecule has 236 valence electrons. The van der Waals surface area contributed by atoms with E-state index in [1.807, 2.05) is 182 Å². The van der Waals surface area contributed by atoms with Gasteiger partial charge in [0.05, 0.1) is 13.2 Å². The lowest BCUT2D eigenvalue weighted by Crippen LogP contribution is -2.57. The van der Waals surface area contributed by atoms with Gasteiger partial charge >= 0.3 is 11.9 Å². The van der Waals surface area contributed by atoms with Crippen LogP contribution in [0.3, 0.4) is 0 Å². The standard InChI is InChI=1S/C41H36O6/c1-7-19-34(20-8-1)31-42-40(44-36-23-11-3-12-24-36,45-37-25-13-4-14-26-37)33-41(46-38-27-15-5-16-28-38,47-39-29-17-6-18-30-39)43-32-35-21-9-2-10-22-35/h1-30H,31-33H2. The molecule has 47 heavy (non-hydrogen) atoms. The van der Waals surface area contributed by atoms with Crippen molar-refractivity contribution in [1.82, 2.24) is 0 Å². The molecule has 6 rings (SSSR count). The lowest BCUT2D eigenvalue weighted by molar-refractivity contribution is -0.391. The molecule has 6 aromatic carbocycles. The van der Waals surface area contributed by atoms with Crippen molar-refractivity contribution in [3.8, 4) is 23.0 Å². The molecule has 0 spiro atoms. The fourth-order valence-electron chi connectivity index (χ4n) is 4.88. The van der Waals surface area contributed by atoms with Gasteiger partial charge in [0.15, 0.2) is 6.42 Å². The van der Waals surface area contributed by atoms with E-state index in [-0.39, 0.29) is 19.6 Å². The van der Waals surface area contributed by atoms with Crippen LogP contribution < -0.4 is 18.9 Å². The highest BCUT2D eigenvalue weighted by Gasteiger charge is 2.52. The van der Waals surface area contributed by atoms with E-state index in [0.29, 0.717) is 23.0 Å². The van der Waals surface area contributed by atoms with Crippen molar-refractivity contribution in [2.45, 2.75) is 31.6 Å². The molecular formula is C41H36O6. The Morgan fingerprint density at radius 3 is 0.787 bits per heavy atom. The maximum atomic E-state index is 6.73. The van der Waals surface area contributed by atoms with Gasteiger partial charge in [-0.15, -0.1) is 0 Å². The first-order valence-corrected chi connectivity index (χ1v) is 15.5. The SMILES string of the molecule is c1ccc(COC(CC(OCc2ccccc2)(Oc2ccccc2)Oc2ccccc2)(Oc2ccccc2)Oc2ccccc2)cc1. The summed E-state index contributed by atoms with van der Waals surface area (Å²) in [4.78, 5) is 0. The summed E-state index contributed by atoms with van der Waals surface area (Å²) in [6.07, 6.45) is -0.187. The summed E-state index contributed by atoms with van der Waals surface area (Å²) in [5.74, 6) is -1.56. The highest BCUT2D eigenvalue weighted by atomic mass is 16.9. The van der Waals surface area contributed by atoms with Crippen molar-refractivity contribution in [3.63, 3.8) is 0 Å². The monoisotopic (exact) mass is 624 g/mol. The molecule has 0 aliphatic rings. The first-order valence-electron chi connectivity index (χ1n) is 15.5. The van der Waals surface area contributed by atoms with Crippen LogP contribution in [0.25, 0.3) is 0 Å². The van der Waals surface area contributed by atoms with E-state index >= 15 is 0 Å². The Morgan fingerprint density at radius 1 is 0.298 bits per heavy atom. The van der Waals surface area contributed by atoms with Gasteiger partial charge < -0.3 is 28.4 Å². The first kappa shape index (κ1) is 31.4. The predicted octanol–water partition coefficient (Wildman–Crippen LogP) is 9.43. The van der Waals surface area contributed by atoms with E-state index in [2.05, 4.69) is 0 Å². The van der Waals surface area contributed by atoms with Crippen LogP contribution in [0.4, 0.5) is 0 Å². The molecule has 0 radical (unpaired) electrons. The second-order valence-electron chi connectivity index (χ2n) is 10.8. The molecular weight excluding hydrogens is 588 g/mol. The summed E-state index contributed by atoms with van der Waals surface area (Å²) in [6, 6.07) is 57.2. The number of hydrogen-bond donors (Lipinski definition) is 0. The molecule has 0 heterocycles. The van der Waals surface area contributed by atoms with Crippen LogP contribution in [0.5, 0.6) is 23.0 Å². The van der Waals surface area contributed by atoms with Gasteiger partial charge in [-0.1, -0.05) is 133 Å². The summed E-state index contributed by atoms with van der Waals surface area (Å²) < 4.78 is 40.3. The van der Waals surface area contributed by atoms with E-state index in [1.165, 1.54) is 0 Å². The molecule has 0 bridgehead atoms. The van der Waals surface area contributed by atoms with Crippen LogP contribution in [0.1, 0.15) is 17.5 Å². The molecule has 0 aliphatic carbocycles. The third-order valence-corrected chi connectivity index (χ3v) is 7.10. The lowest BCUT2D eigenvalue weighted by Gasteiger charge is -2.41. The van der Waals surface area contributed by atoms with Crippen LogP contribution in [-0.4, -0.2) is 11.9 Å². The van der Waals surface area contributed by atoms with Crippen LogP contribution in [0.2, 0.25) is 0 Å². The number of rotatable bonds is 16. The van der Waals surface area contributed by atoms with E-state index in [4.69, 9.17) is 28.4 Å². The molecule has 0 aliphatic heterocycles. The van der Waals surface area contributed by atoms with Crippen molar-refractivity contribution in [2.24, 2.45) is 0 Å². The highest BCUT2D eigenvalue weighted by molar-refractivity contribution is 5.27. The molecule has 6 nitrogen and oxygen atoms in total. The fraction of sp³-hybridized carbons (Fsp3) is 0.122. The van der Waals surface area contributed by atoms with Crippen molar-refractivity contribution >= 4 is 0 Å². The maximum absolute atomic E-state index is 6.73. The number of ether oxygens (including phenoxy) is 6. The Labute approximate surface area is 275 Å². The van der Waals surface area contributed by atoms with Gasteiger partial charge in [-0.3, -0.25) is 0 Å². The zero-order valence-electron chi connectivity index (χ0n) is 25.9. The number of para-hydroxylation sites is 4. The smallest absolute Gasteiger partial charge is 0.382 e. The largest absolute Gasteiger partial charge is 0.430 e. The van der Waals surface area contributed by atoms with E-state index in [1.54, 1.807) is 0 Å². The molecule has 0 N–H and O–H groups in total. The minimum atomic E-state index is -1.82. The van der Waals surface area contributed by atoms with Crippen molar-refractivity contribution < 1.29 is 28.4 Å². The molecule has 0 fully saturated rings. The number of benzene rings is 6. The summed E-state index contributed by atoms with van der Waals surface area (Å²) in [5.41, 5.74) is 1.85. The summed E-state index contributed by atoms with van der Waals surface area (Å²) in [7, 11) is 0. The summed E-state index contributed by atoms with van der Waals surface area (Å²) in [5, 5.41) is 0. The van der Waals surface area contributed by atoms with Gasteiger partial charge in [0, 0.05) is 0 Å². The van der Waals surface area contributed by atoms with E-state index < -0.39 is 11.9 Å². The zero-order chi connectivity index (χ0) is 32.0. The van der Waals surface area contributed by atoms with Crippen LogP contribution in [-0.2, 0) is 22.7 Å². The van der Waals surface area contributed by atoms with Gasteiger partial charge in [-0.2, -0.15) is 0 Å². The Balaban J connectivity index is 1.48. The normalized spacial score (nSPS) is 11.4. The van der Waals surface area contributed by atoms with Gasteiger partial charge in [-0.05, 0) is 59.7 Å². The first-order chi connectivity index (χ1) is 23.2. The highest BCUT2D eigenvalue weighted by Crippen LogP contribution is 2.37. The van der Waals surface area contributed by atoms with Crippen molar-refractivity contribution in [2.75, 3.05) is 0 Å². The molecule has 0 saturated heterocycles. The third kappa shape index (κ3) is 9.23. The summed E-state index contributed by atoms with van der Waals surface area (Å²) in [6.45, 7) is 0.317. The number of hydrogen-bond acceptors (Lipinski definition) is 6. The summed E-state index contributed by atoms with van der Waals surface area (Å²) >= 11 is 0. The molecule has 0 saturated carbocycles. The van der Waals surface area contributed by atoms with E-state index in [9.17, 15) is 0 Å². The molecule has 6 heteroatoms. The molecule has 0 atom stereocenters. The third-order valence-electron chi connectivity index (χ3n) is 7.10. The Bertz CT molecular complexity index is 1520. The fourth-order valence-corrected chi connectivity index (χ4v) is 4.88. The minimum absolute atomic E-state index is 0.159. The molecule has 0 aromatic heterocycles. The topological polar surface area (TPSA) is 55.4 Å². The molecule has 0 unspecified atom stereocenters. The Morgan fingerprint density at radius 2 is 0.532 bits per heavy atom. The van der Waals surface area contributed by atoms with E-state index in [0.717, 1.165) is 11.1 Å². The second-order valence-corrected chi connectivity index (χ2v) is 10.8.